The van der Waals surface area contributed by atoms with E-state index in [-0.39, 0.29) is 16.5 Å². The summed E-state index contributed by atoms with van der Waals surface area (Å²) in [5, 5.41) is 6.02. The highest BCUT2D eigenvalue weighted by Gasteiger charge is 2.40. The quantitative estimate of drug-likeness (QED) is 0.232. The fourth-order valence-corrected chi connectivity index (χ4v) is 5.08. The Labute approximate surface area is 242 Å². The van der Waals surface area contributed by atoms with Crippen molar-refractivity contribution in [2.75, 3.05) is 29.8 Å². The van der Waals surface area contributed by atoms with Crippen LogP contribution in [0.3, 0.4) is 0 Å². The molecule has 1 heterocycles. The lowest BCUT2D eigenvalue weighted by molar-refractivity contribution is -0.120. The van der Waals surface area contributed by atoms with E-state index in [4.69, 9.17) is 9.47 Å². The number of carbonyl (C=O) groups excluding carboxylic acids is 3. The van der Waals surface area contributed by atoms with Crippen LogP contribution in [0.25, 0.3) is 0 Å². The lowest BCUT2D eigenvalue weighted by atomic mass is 10.2. The van der Waals surface area contributed by atoms with Crippen LogP contribution in [0.2, 0.25) is 0 Å². The molecule has 0 aliphatic carbocycles. The number of carbonyl (C=O) groups is 3. The molecular weight excluding hydrogens is 538 g/mol. The molecule has 4 aromatic carbocycles. The fraction of sp³-hybridized carbons (Fsp3) is 0.0938. The van der Waals surface area contributed by atoms with Gasteiger partial charge in [-0.25, -0.2) is 4.90 Å². The SMILES string of the molecule is COc1ccc(N2C(=O)C(Nc3ccc(C)cc3)=C(Sc3ccc(NC(=O)c4cccc(OC)c4)cc3)C2=O)cc1. The highest BCUT2D eigenvalue weighted by atomic mass is 32.2. The van der Waals surface area contributed by atoms with E-state index in [2.05, 4.69) is 10.6 Å². The summed E-state index contributed by atoms with van der Waals surface area (Å²) in [5.41, 5.74) is 3.45. The van der Waals surface area contributed by atoms with Gasteiger partial charge >= 0.3 is 0 Å². The number of nitrogens with one attached hydrogen (secondary N) is 2. The second kappa shape index (κ2) is 12.0. The molecule has 0 radical (unpaired) electrons. The Kier molecular flexibility index (Phi) is 8.07. The Hall–Kier alpha value is -5.02. The van der Waals surface area contributed by atoms with Gasteiger partial charge in [0.1, 0.15) is 22.1 Å². The van der Waals surface area contributed by atoms with Crippen molar-refractivity contribution < 1.29 is 23.9 Å². The number of imide groups is 1. The average Bonchev–Trinajstić information content (AvgIpc) is 3.23. The largest absolute Gasteiger partial charge is 0.497 e. The number of hydrogen-bond donors (Lipinski definition) is 2. The molecule has 0 fully saturated rings. The summed E-state index contributed by atoms with van der Waals surface area (Å²) < 4.78 is 10.4. The lowest BCUT2D eigenvalue weighted by Crippen LogP contribution is -2.32. The zero-order chi connectivity index (χ0) is 28.9. The first-order chi connectivity index (χ1) is 19.9. The summed E-state index contributed by atoms with van der Waals surface area (Å²) in [7, 11) is 3.10. The molecule has 206 valence electrons. The minimum absolute atomic E-state index is 0.190. The predicted molar refractivity (Wildman–Crippen MR) is 161 cm³/mol. The van der Waals surface area contributed by atoms with Crippen LogP contribution in [-0.2, 0) is 9.59 Å². The Balaban J connectivity index is 1.39. The number of anilines is 3. The highest BCUT2D eigenvalue weighted by Crippen LogP contribution is 2.38. The summed E-state index contributed by atoms with van der Waals surface area (Å²) in [6.07, 6.45) is 0. The van der Waals surface area contributed by atoms with Crippen molar-refractivity contribution in [3.8, 4) is 11.5 Å². The summed E-state index contributed by atoms with van der Waals surface area (Å²) in [5.74, 6) is 0.0445. The summed E-state index contributed by atoms with van der Waals surface area (Å²) in [4.78, 5) is 42.1. The zero-order valence-electron chi connectivity index (χ0n) is 22.6. The molecule has 8 nitrogen and oxygen atoms in total. The first kappa shape index (κ1) is 27.5. The van der Waals surface area contributed by atoms with Crippen LogP contribution in [0.5, 0.6) is 11.5 Å². The van der Waals surface area contributed by atoms with Crippen molar-refractivity contribution in [3.63, 3.8) is 0 Å². The molecule has 0 saturated carbocycles. The summed E-state index contributed by atoms with van der Waals surface area (Å²) >= 11 is 1.18. The summed E-state index contributed by atoms with van der Waals surface area (Å²) in [6.45, 7) is 1.97. The molecule has 41 heavy (non-hydrogen) atoms. The van der Waals surface area contributed by atoms with Crippen molar-refractivity contribution >= 4 is 46.5 Å². The third kappa shape index (κ3) is 6.10. The van der Waals surface area contributed by atoms with Crippen LogP contribution in [0, 0.1) is 6.92 Å². The smallest absolute Gasteiger partial charge is 0.283 e. The number of aryl methyl sites for hydroxylation is 1. The Bertz CT molecular complexity index is 1630. The number of hydrogen-bond acceptors (Lipinski definition) is 7. The van der Waals surface area contributed by atoms with Crippen molar-refractivity contribution in [2.24, 2.45) is 0 Å². The minimum atomic E-state index is -0.453. The van der Waals surface area contributed by atoms with E-state index in [0.717, 1.165) is 15.4 Å². The molecule has 3 amide bonds. The maximum Gasteiger partial charge on any atom is 0.283 e. The van der Waals surface area contributed by atoms with Crippen LogP contribution in [0.4, 0.5) is 17.1 Å². The number of thioether (sulfide) groups is 1. The molecule has 0 atom stereocenters. The molecule has 1 aliphatic rings. The number of benzene rings is 4. The Morgan fingerprint density at radius 2 is 1.41 bits per heavy atom. The fourth-order valence-electron chi connectivity index (χ4n) is 4.15. The summed E-state index contributed by atoms with van der Waals surface area (Å²) in [6, 6.07) is 28.3. The maximum atomic E-state index is 13.6. The zero-order valence-corrected chi connectivity index (χ0v) is 23.5. The minimum Gasteiger partial charge on any atom is -0.497 e. The molecule has 4 aromatic rings. The first-order valence-corrected chi connectivity index (χ1v) is 13.5. The van der Waals surface area contributed by atoms with Crippen LogP contribution >= 0.6 is 11.8 Å². The molecule has 2 N–H and O–H groups in total. The average molecular weight is 566 g/mol. The van der Waals surface area contributed by atoms with E-state index in [1.165, 1.54) is 11.8 Å². The van der Waals surface area contributed by atoms with E-state index < -0.39 is 11.8 Å². The molecule has 0 bridgehead atoms. The van der Waals surface area contributed by atoms with Gasteiger partial charge in [-0.15, -0.1) is 0 Å². The maximum absolute atomic E-state index is 13.6. The molecular formula is C32H27N3O5S. The second-order valence-corrected chi connectivity index (χ2v) is 10.2. The van der Waals surface area contributed by atoms with Gasteiger partial charge in [-0.3, -0.25) is 14.4 Å². The molecule has 0 unspecified atom stereocenters. The Morgan fingerprint density at radius 3 is 2.07 bits per heavy atom. The first-order valence-electron chi connectivity index (χ1n) is 12.7. The van der Waals surface area contributed by atoms with Gasteiger partial charge in [0.25, 0.3) is 17.7 Å². The Morgan fingerprint density at radius 1 is 0.756 bits per heavy atom. The monoisotopic (exact) mass is 565 g/mol. The van der Waals surface area contributed by atoms with E-state index in [0.29, 0.717) is 34.1 Å². The van der Waals surface area contributed by atoms with Crippen molar-refractivity contribution in [1.82, 2.24) is 0 Å². The van der Waals surface area contributed by atoms with Crippen LogP contribution in [0.15, 0.2) is 113 Å². The molecule has 0 saturated heterocycles. The number of methoxy groups -OCH3 is 2. The normalized spacial score (nSPS) is 12.9. The van der Waals surface area contributed by atoms with Gasteiger partial charge in [-0.1, -0.05) is 35.5 Å². The number of nitrogens with zero attached hydrogens (tertiary/aromatic N) is 1. The molecule has 1 aliphatic heterocycles. The van der Waals surface area contributed by atoms with E-state index in [1.54, 1.807) is 87.0 Å². The van der Waals surface area contributed by atoms with Gasteiger partial charge in [0.05, 0.1) is 19.9 Å². The molecule has 0 spiro atoms. The van der Waals surface area contributed by atoms with Gasteiger partial charge in [-0.05, 0) is 85.8 Å². The van der Waals surface area contributed by atoms with Crippen molar-refractivity contribution in [3.05, 3.63) is 119 Å². The van der Waals surface area contributed by atoms with Gasteiger partial charge < -0.3 is 20.1 Å². The van der Waals surface area contributed by atoms with Gasteiger partial charge in [0.15, 0.2) is 0 Å². The van der Waals surface area contributed by atoms with Crippen LogP contribution in [-0.4, -0.2) is 31.9 Å². The topological polar surface area (TPSA) is 97.0 Å². The molecule has 5 rings (SSSR count). The second-order valence-electron chi connectivity index (χ2n) is 9.15. The highest BCUT2D eigenvalue weighted by molar-refractivity contribution is 8.04. The van der Waals surface area contributed by atoms with Gasteiger partial charge in [0, 0.05) is 21.8 Å². The number of amides is 3. The molecule has 0 aromatic heterocycles. The van der Waals surface area contributed by atoms with Crippen LogP contribution < -0.4 is 25.0 Å². The van der Waals surface area contributed by atoms with Crippen molar-refractivity contribution in [2.45, 2.75) is 11.8 Å². The van der Waals surface area contributed by atoms with E-state index >= 15 is 0 Å². The molecule has 9 heteroatoms. The van der Waals surface area contributed by atoms with E-state index in [9.17, 15) is 14.4 Å². The number of ether oxygens (including phenoxy) is 2. The third-order valence-electron chi connectivity index (χ3n) is 6.36. The standard InChI is InChI=1S/C32H27N3O5S/c1-20-7-9-22(10-8-20)33-28-29(32(38)35(31(28)37)24-13-15-25(39-2)16-14-24)41-27-17-11-23(12-18-27)34-30(36)21-5-4-6-26(19-21)40-3/h4-19,33H,1-3H3,(H,34,36). The van der Waals surface area contributed by atoms with Gasteiger partial charge in [0.2, 0.25) is 0 Å². The predicted octanol–water partition coefficient (Wildman–Crippen LogP) is 6.25. The lowest BCUT2D eigenvalue weighted by Gasteiger charge is -2.15. The number of rotatable bonds is 9. The van der Waals surface area contributed by atoms with Crippen LogP contribution in [0.1, 0.15) is 15.9 Å². The third-order valence-corrected chi connectivity index (χ3v) is 7.45. The van der Waals surface area contributed by atoms with Crippen molar-refractivity contribution in [1.29, 1.82) is 0 Å². The van der Waals surface area contributed by atoms with E-state index in [1.807, 2.05) is 31.2 Å². The van der Waals surface area contributed by atoms with Gasteiger partial charge in [-0.2, -0.15) is 0 Å².